The van der Waals surface area contributed by atoms with Crippen LogP contribution in [0, 0.1) is 0 Å². The monoisotopic (exact) mass is 500 g/mol. The summed E-state index contributed by atoms with van der Waals surface area (Å²) in [5, 5.41) is 0. The number of carbonyl (C=O) groups excluding carboxylic acids is 1. The van der Waals surface area contributed by atoms with Crippen LogP contribution in [0.2, 0.25) is 45.3 Å². The number of alkyl halides is 5. The third kappa shape index (κ3) is 27.6. The van der Waals surface area contributed by atoms with Crippen LogP contribution in [-0.4, -0.2) is 50.8 Å². The molecule has 0 atom stereocenters. The Bertz CT molecular complexity index is 484. The average molecular weight is 501 g/mol. The van der Waals surface area contributed by atoms with Gasteiger partial charge >= 0.3 is 17.2 Å². The van der Waals surface area contributed by atoms with Crippen molar-refractivity contribution >= 4 is 31.3 Å². The fourth-order valence-corrected chi connectivity index (χ4v) is 14.4. The van der Waals surface area contributed by atoms with Crippen LogP contribution in [0.3, 0.4) is 0 Å². The fourth-order valence-electron chi connectivity index (χ4n) is 2.24. The van der Waals surface area contributed by atoms with Crippen molar-refractivity contribution in [2.75, 3.05) is 6.67 Å². The Morgan fingerprint density at radius 1 is 0.967 bits per heavy atom. The summed E-state index contributed by atoms with van der Waals surface area (Å²) >= 11 is 0. The second-order valence-electron chi connectivity index (χ2n) is 8.17. The first-order valence-electron chi connectivity index (χ1n) is 9.68. The van der Waals surface area contributed by atoms with Gasteiger partial charge in [-0.25, -0.2) is 22.0 Å². The lowest BCUT2D eigenvalue weighted by atomic mass is 10.2. The maximum atomic E-state index is 13.6. The number of allylic oxidation sites excluding steroid dienone is 1. The van der Waals surface area contributed by atoms with Crippen LogP contribution in [0.5, 0.6) is 0 Å². The Kier molecular flexibility index (Phi) is 18.5. The number of Topliss-reactive ketones (excluding diaryl/α,β-unsaturated/α-hetero) is 1. The van der Waals surface area contributed by atoms with Gasteiger partial charge in [-0.15, -0.1) is 0 Å². The highest BCUT2D eigenvalue weighted by Crippen LogP contribution is 2.24. The first-order chi connectivity index (χ1) is 13.3. The molecule has 0 aliphatic heterocycles. The van der Waals surface area contributed by atoms with E-state index < -0.39 is 57.3 Å². The highest BCUT2D eigenvalue weighted by atomic mass is 28.5. The van der Waals surface area contributed by atoms with E-state index >= 15 is 0 Å². The molecule has 0 amide bonds. The topological polar surface area (TPSA) is 35.5 Å². The molecule has 0 saturated heterocycles. The molecule has 0 spiro atoms. The van der Waals surface area contributed by atoms with Crippen molar-refractivity contribution in [3.8, 4) is 0 Å². The molecule has 3 nitrogen and oxygen atoms in total. The molecule has 0 fully saturated rings. The van der Waals surface area contributed by atoms with Crippen molar-refractivity contribution in [1.29, 1.82) is 0 Å². The molecular weight excluding hydrogens is 462 g/mol. The quantitative estimate of drug-likeness (QED) is 0.128. The van der Waals surface area contributed by atoms with E-state index in [0.29, 0.717) is 0 Å². The number of hydrogen-bond donors (Lipinski definition) is 0. The zero-order valence-electron chi connectivity index (χ0n) is 19.4. The molecule has 0 rings (SSSR count). The Labute approximate surface area is 180 Å². The third-order valence-corrected chi connectivity index (χ3v) is 12.7. The van der Waals surface area contributed by atoms with Crippen LogP contribution in [0.25, 0.3) is 0 Å². The molecule has 0 unspecified atom stereocenters. The molecular formula is C18H38F6O3Si3. The lowest BCUT2D eigenvalue weighted by Gasteiger charge is -2.35. The SMILES string of the molecule is C=C(C)C(=O)CC(F)F.CCCC[Si](C)(C)O[Si](C)(C)O[Si](C)(C)F.FCC(F)F. The van der Waals surface area contributed by atoms with Crippen molar-refractivity contribution in [1.82, 2.24) is 0 Å². The van der Waals surface area contributed by atoms with Gasteiger partial charge in [0.25, 0.3) is 6.43 Å². The van der Waals surface area contributed by atoms with Crippen LogP contribution >= 0.6 is 0 Å². The molecule has 0 bridgehead atoms. The molecule has 0 aliphatic rings. The summed E-state index contributed by atoms with van der Waals surface area (Å²) in [4.78, 5) is 10.4. The third-order valence-electron chi connectivity index (χ3n) is 3.08. The molecule has 0 N–H and O–H groups in total. The first kappa shape index (κ1) is 34.2. The molecule has 12 heteroatoms. The first-order valence-corrected chi connectivity index (χ1v) is 18.4. The van der Waals surface area contributed by atoms with Gasteiger partial charge in [-0.2, -0.15) is 0 Å². The van der Waals surface area contributed by atoms with Gasteiger partial charge in [-0.05, 0) is 57.8 Å². The van der Waals surface area contributed by atoms with Crippen molar-refractivity contribution in [3.63, 3.8) is 0 Å². The lowest BCUT2D eigenvalue weighted by Crippen LogP contribution is -2.51. The van der Waals surface area contributed by atoms with Crippen LogP contribution in [0.4, 0.5) is 26.1 Å². The Balaban J connectivity index is -0.000000435. The lowest BCUT2D eigenvalue weighted by molar-refractivity contribution is -0.117. The van der Waals surface area contributed by atoms with Crippen molar-refractivity contribution < 1.29 is 39.1 Å². The van der Waals surface area contributed by atoms with Crippen molar-refractivity contribution in [2.45, 2.75) is 91.3 Å². The molecule has 0 saturated carbocycles. The van der Waals surface area contributed by atoms with E-state index in [2.05, 4.69) is 26.6 Å². The normalized spacial score (nSPS) is 12.1. The van der Waals surface area contributed by atoms with Crippen LogP contribution < -0.4 is 0 Å². The van der Waals surface area contributed by atoms with Crippen LogP contribution in [0.1, 0.15) is 33.1 Å². The van der Waals surface area contributed by atoms with Gasteiger partial charge in [0.15, 0.2) is 20.8 Å². The molecule has 0 aromatic rings. The van der Waals surface area contributed by atoms with Gasteiger partial charge in [0.1, 0.15) is 0 Å². The summed E-state index contributed by atoms with van der Waals surface area (Å²) in [6.45, 7) is 16.8. The summed E-state index contributed by atoms with van der Waals surface area (Å²) in [5.41, 5.74) is 0.190. The summed E-state index contributed by atoms with van der Waals surface area (Å²) in [6, 6.07) is 1.14. The minimum Gasteiger partial charge on any atom is -0.436 e. The minimum absolute atomic E-state index is 0.190. The summed E-state index contributed by atoms with van der Waals surface area (Å²) in [7, 11) is -6.91. The van der Waals surface area contributed by atoms with Gasteiger partial charge < -0.3 is 8.23 Å². The number of halogens is 6. The van der Waals surface area contributed by atoms with E-state index in [1.807, 2.05) is 13.1 Å². The maximum Gasteiger partial charge on any atom is 0.369 e. The van der Waals surface area contributed by atoms with Crippen molar-refractivity contribution in [2.24, 2.45) is 0 Å². The van der Waals surface area contributed by atoms with E-state index in [0.717, 1.165) is 6.04 Å². The second kappa shape index (κ2) is 16.2. The zero-order chi connectivity index (χ0) is 24.8. The van der Waals surface area contributed by atoms with E-state index in [-0.39, 0.29) is 5.57 Å². The number of hydrogen-bond acceptors (Lipinski definition) is 3. The van der Waals surface area contributed by atoms with E-state index in [4.69, 9.17) is 8.23 Å². The Morgan fingerprint density at radius 3 is 1.63 bits per heavy atom. The second-order valence-corrected chi connectivity index (χ2v) is 19.4. The van der Waals surface area contributed by atoms with Gasteiger partial charge in [-0.1, -0.05) is 26.3 Å². The number of ketones is 1. The molecule has 0 radical (unpaired) electrons. The maximum absolute atomic E-state index is 13.6. The molecule has 182 valence electrons. The minimum atomic E-state index is -2.96. The van der Waals surface area contributed by atoms with Crippen LogP contribution in [-0.2, 0) is 13.0 Å². The summed E-state index contributed by atoms with van der Waals surface area (Å²) in [6.07, 6.45) is -3.65. The molecule has 30 heavy (non-hydrogen) atoms. The molecule has 0 aliphatic carbocycles. The molecule has 0 heterocycles. The van der Waals surface area contributed by atoms with Gasteiger partial charge in [0.05, 0.1) is 6.42 Å². The number of carbonyl (C=O) groups is 1. The fraction of sp³-hybridized carbons (Fsp3) is 0.833. The standard InChI is InChI=1S/C10H27FO2Si3.C6H8F2O.C2H3F3/c1-8-9-10-14(2,3)12-16(6,7)13-15(4,5)11;1-4(2)5(9)3-6(7)8;3-1-2(4)5/h8-10H2,1-7H3;6H,1,3H2,2H3;2H,1H2. The van der Waals surface area contributed by atoms with Gasteiger partial charge in [0.2, 0.25) is 6.43 Å². The summed E-state index contributed by atoms with van der Waals surface area (Å²) < 4.78 is 79.2. The van der Waals surface area contributed by atoms with E-state index in [1.54, 1.807) is 13.1 Å². The van der Waals surface area contributed by atoms with Crippen LogP contribution in [0.15, 0.2) is 12.2 Å². The highest BCUT2D eigenvalue weighted by molar-refractivity contribution is 6.86. The average Bonchev–Trinajstić information content (AvgIpc) is 2.49. The number of rotatable bonds is 11. The smallest absolute Gasteiger partial charge is 0.369 e. The van der Waals surface area contributed by atoms with E-state index in [1.165, 1.54) is 19.8 Å². The Hall–Kier alpha value is -0.439. The summed E-state index contributed by atoms with van der Waals surface area (Å²) in [5.74, 6) is -0.565. The van der Waals surface area contributed by atoms with Gasteiger partial charge in [-0.3, -0.25) is 8.90 Å². The van der Waals surface area contributed by atoms with Crippen molar-refractivity contribution in [3.05, 3.63) is 12.2 Å². The predicted molar refractivity (Wildman–Crippen MR) is 118 cm³/mol. The predicted octanol–water partition coefficient (Wildman–Crippen LogP) is 7.41. The van der Waals surface area contributed by atoms with Gasteiger partial charge in [0, 0.05) is 0 Å². The van der Waals surface area contributed by atoms with E-state index in [9.17, 15) is 30.9 Å². The zero-order valence-corrected chi connectivity index (χ0v) is 22.4. The highest BCUT2D eigenvalue weighted by Gasteiger charge is 2.39. The largest absolute Gasteiger partial charge is 0.436 e. The number of unbranched alkanes of at least 4 members (excludes halogenated alkanes) is 1. The Morgan fingerprint density at radius 2 is 1.40 bits per heavy atom. The molecule has 0 aromatic heterocycles. The molecule has 0 aromatic carbocycles.